The van der Waals surface area contributed by atoms with Gasteiger partial charge in [0, 0.05) is 12.1 Å². The van der Waals surface area contributed by atoms with Crippen LogP contribution >= 0.6 is 0 Å². The Morgan fingerprint density at radius 1 is 1.56 bits per heavy atom. The second kappa shape index (κ2) is 5.80. The van der Waals surface area contributed by atoms with Gasteiger partial charge in [-0.25, -0.2) is 0 Å². The molecule has 1 aliphatic carbocycles. The lowest BCUT2D eigenvalue weighted by Crippen LogP contribution is -2.12. The van der Waals surface area contributed by atoms with E-state index in [4.69, 9.17) is 0 Å². The molecule has 1 N–H and O–H groups in total. The minimum Gasteiger partial charge on any atom is -0.317 e. The Labute approximate surface area is 97.8 Å². The Morgan fingerprint density at radius 2 is 2.50 bits per heavy atom. The topological polar surface area (TPSA) is 24.9 Å². The average Bonchev–Trinajstić information content (AvgIpc) is 2.73. The third kappa shape index (κ3) is 2.70. The Bertz CT molecular complexity index is 358. The SMILES string of the molecule is CCNCCC=CC1CCc2cccnc21. The average molecular weight is 216 g/mol. The zero-order valence-corrected chi connectivity index (χ0v) is 9.95. The quantitative estimate of drug-likeness (QED) is 0.604. The monoisotopic (exact) mass is 216 g/mol. The molecule has 2 nitrogen and oxygen atoms in total. The predicted molar refractivity (Wildman–Crippen MR) is 67.6 cm³/mol. The fraction of sp³-hybridized carbons (Fsp3) is 0.500. The third-order valence-corrected chi connectivity index (χ3v) is 3.11. The fourth-order valence-corrected chi connectivity index (χ4v) is 2.25. The van der Waals surface area contributed by atoms with Crippen LogP contribution in [0.4, 0.5) is 0 Å². The largest absolute Gasteiger partial charge is 0.317 e. The molecular weight excluding hydrogens is 196 g/mol. The fourth-order valence-electron chi connectivity index (χ4n) is 2.25. The minimum atomic E-state index is 0.554. The number of allylic oxidation sites excluding steroid dienone is 1. The van der Waals surface area contributed by atoms with Crippen molar-refractivity contribution in [1.82, 2.24) is 10.3 Å². The molecule has 0 spiro atoms. The second-order valence-corrected chi connectivity index (χ2v) is 4.26. The third-order valence-electron chi connectivity index (χ3n) is 3.11. The van der Waals surface area contributed by atoms with Crippen molar-refractivity contribution < 1.29 is 0 Å². The van der Waals surface area contributed by atoms with Crippen LogP contribution in [0.3, 0.4) is 0 Å². The lowest BCUT2D eigenvalue weighted by molar-refractivity contribution is 0.721. The summed E-state index contributed by atoms with van der Waals surface area (Å²) in [5.41, 5.74) is 2.73. The number of aryl methyl sites for hydroxylation is 1. The smallest absolute Gasteiger partial charge is 0.0504 e. The highest BCUT2D eigenvalue weighted by Gasteiger charge is 2.20. The predicted octanol–water partition coefficient (Wildman–Crippen LogP) is 2.67. The van der Waals surface area contributed by atoms with Gasteiger partial charge in [0.05, 0.1) is 5.69 Å². The maximum Gasteiger partial charge on any atom is 0.0504 e. The summed E-state index contributed by atoms with van der Waals surface area (Å²) in [6.45, 7) is 4.28. The van der Waals surface area contributed by atoms with E-state index in [2.05, 4.69) is 35.4 Å². The highest BCUT2D eigenvalue weighted by Crippen LogP contribution is 2.31. The normalized spacial score (nSPS) is 19.2. The molecule has 0 saturated carbocycles. The molecule has 1 aliphatic rings. The van der Waals surface area contributed by atoms with Crippen molar-refractivity contribution in [3.63, 3.8) is 0 Å². The summed E-state index contributed by atoms with van der Waals surface area (Å²) in [5.74, 6) is 0.554. The van der Waals surface area contributed by atoms with Crippen molar-refractivity contribution >= 4 is 0 Å². The molecule has 0 amide bonds. The van der Waals surface area contributed by atoms with Gasteiger partial charge >= 0.3 is 0 Å². The van der Waals surface area contributed by atoms with E-state index in [0.29, 0.717) is 5.92 Å². The maximum atomic E-state index is 4.49. The Kier molecular flexibility index (Phi) is 4.11. The van der Waals surface area contributed by atoms with Gasteiger partial charge in [0.2, 0.25) is 0 Å². The summed E-state index contributed by atoms with van der Waals surface area (Å²) in [6.07, 6.45) is 10.1. The van der Waals surface area contributed by atoms with Crippen molar-refractivity contribution in [3.8, 4) is 0 Å². The molecule has 2 heteroatoms. The molecule has 0 aliphatic heterocycles. The molecular formula is C14H20N2. The van der Waals surface area contributed by atoms with Gasteiger partial charge in [0.25, 0.3) is 0 Å². The van der Waals surface area contributed by atoms with Crippen molar-refractivity contribution in [2.24, 2.45) is 0 Å². The lowest BCUT2D eigenvalue weighted by atomic mass is 10.1. The Balaban J connectivity index is 1.88. The molecule has 0 fully saturated rings. The van der Waals surface area contributed by atoms with Gasteiger partial charge < -0.3 is 5.32 Å². The van der Waals surface area contributed by atoms with Crippen LogP contribution in [0.15, 0.2) is 30.5 Å². The Hall–Kier alpha value is -1.15. The molecule has 86 valence electrons. The number of hydrogen-bond donors (Lipinski definition) is 1. The van der Waals surface area contributed by atoms with Crippen molar-refractivity contribution in [1.29, 1.82) is 0 Å². The number of aromatic nitrogens is 1. The summed E-state index contributed by atoms with van der Waals surface area (Å²) in [7, 11) is 0. The van der Waals surface area contributed by atoms with E-state index in [-0.39, 0.29) is 0 Å². The number of rotatable bonds is 5. The molecule has 0 bridgehead atoms. The first-order chi connectivity index (χ1) is 7.92. The lowest BCUT2D eigenvalue weighted by Gasteiger charge is -2.04. The molecule has 1 unspecified atom stereocenters. The number of hydrogen-bond acceptors (Lipinski definition) is 2. The molecule has 1 aromatic rings. The highest BCUT2D eigenvalue weighted by atomic mass is 14.8. The van der Waals surface area contributed by atoms with Crippen molar-refractivity contribution in [3.05, 3.63) is 41.7 Å². The maximum absolute atomic E-state index is 4.49. The van der Waals surface area contributed by atoms with E-state index in [1.807, 2.05) is 12.3 Å². The van der Waals surface area contributed by atoms with Crippen LogP contribution in [0.25, 0.3) is 0 Å². The molecule has 0 radical (unpaired) electrons. The van der Waals surface area contributed by atoms with Gasteiger partial charge in [-0.1, -0.05) is 25.1 Å². The van der Waals surface area contributed by atoms with Gasteiger partial charge in [0.15, 0.2) is 0 Å². The summed E-state index contributed by atoms with van der Waals surface area (Å²) in [4.78, 5) is 4.49. The zero-order chi connectivity index (χ0) is 11.2. The van der Waals surface area contributed by atoms with E-state index in [0.717, 1.165) is 19.5 Å². The van der Waals surface area contributed by atoms with Gasteiger partial charge in [-0.2, -0.15) is 0 Å². The number of nitrogens with zero attached hydrogens (tertiary/aromatic N) is 1. The zero-order valence-electron chi connectivity index (χ0n) is 9.95. The molecule has 1 aromatic heterocycles. The molecule has 0 aromatic carbocycles. The number of fused-ring (bicyclic) bond motifs is 1. The van der Waals surface area contributed by atoms with E-state index in [9.17, 15) is 0 Å². The van der Waals surface area contributed by atoms with Gasteiger partial charge in [-0.15, -0.1) is 0 Å². The molecule has 16 heavy (non-hydrogen) atoms. The van der Waals surface area contributed by atoms with Gasteiger partial charge in [0.1, 0.15) is 0 Å². The van der Waals surface area contributed by atoms with E-state index in [1.165, 1.54) is 24.1 Å². The molecule has 0 saturated heterocycles. The summed E-state index contributed by atoms with van der Waals surface area (Å²) < 4.78 is 0. The molecule has 1 atom stereocenters. The summed E-state index contributed by atoms with van der Waals surface area (Å²) >= 11 is 0. The van der Waals surface area contributed by atoms with Crippen LogP contribution in [0.5, 0.6) is 0 Å². The van der Waals surface area contributed by atoms with Crippen LogP contribution in [0, 0.1) is 0 Å². The first kappa shape index (κ1) is 11.3. The minimum absolute atomic E-state index is 0.554. The summed E-state index contributed by atoms with van der Waals surface area (Å²) in [6, 6.07) is 4.24. The second-order valence-electron chi connectivity index (χ2n) is 4.26. The molecule has 1 heterocycles. The van der Waals surface area contributed by atoms with Crippen molar-refractivity contribution in [2.45, 2.75) is 32.1 Å². The van der Waals surface area contributed by atoms with E-state index >= 15 is 0 Å². The van der Waals surface area contributed by atoms with Crippen LogP contribution in [0.2, 0.25) is 0 Å². The van der Waals surface area contributed by atoms with Gasteiger partial charge in [-0.05, 0) is 44.0 Å². The molecule has 2 rings (SSSR count). The van der Waals surface area contributed by atoms with E-state index in [1.54, 1.807) is 0 Å². The standard InChI is InChI=1S/C14H20N2/c1-2-15-10-4-3-6-12-8-9-13-7-5-11-16-14(12)13/h3,5-7,11-12,15H,2,4,8-10H2,1H3. The number of pyridine rings is 1. The Morgan fingerprint density at radius 3 is 3.38 bits per heavy atom. The van der Waals surface area contributed by atoms with Gasteiger partial charge in [-0.3, -0.25) is 4.98 Å². The first-order valence-electron chi connectivity index (χ1n) is 6.23. The first-order valence-corrected chi connectivity index (χ1v) is 6.23. The van der Waals surface area contributed by atoms with Crippen LogP contribution in [0.1, 0.15) is 36.9 Å². The highest BCUT2D eigenvalue weighted by molar-refractivity contribution is 5.31. The van der Waals surface area contributed by atoms with Crippen LogP contribution in [-0.4, -0.2) is 18.1 Å². The van der Waals surface area contributed by atoms with E-state index < -0.39 is 0 Å². The summed E-state index contributed by atoms with van der Waals surface area (Å²) in [5, 5.41) is 3.33. The number of nitrogens with one attached hydrogen (secondary N) is 1. The van der Waals surface area contributed by atoms with Crippen LogP contribution in [-0.2, 0) is 6.42 Å². The van der Waals surface area contributed by atoms with Crippen LogP contribution < -0.4 is 5.32 Å². The van der Waals surface area contributed by atoms with Crippen molar-refractivity contribution in [2.75, 3.05) is 13.1 Å².